The minimum absolute atomic E-state index is 0.0513. The van der Waals surface area contributed by atoms with E-state index in [9.17, 15) is 18.0 Å². The van der Waals surface area contributed by atoms with E-state index in [1.807, 2.05) is 0 Å². The lowest BCUT2D eigenvalue weighted by Gasteiger charge is -2.21. The van der Waals surface area contributed by atoms with E-state index in [1.165, 1.54) is 18.3 Å². The van der Waals surface area contributed by atoms with Crippen LogP contribution in [0.25, 0.3) is 0 Å². The van der Waals surface area contributed by atoms with Crippen molar-refractivity contribution in [2.24, 2.45) is 0 Å². The quantitative estimate of drug-likeness (QED) is 0.817. The highest BCUT2D eigenvalue weighted by molar-refractivity contribution is 7.88. The van der Waals surface area contributed by atoms with E-state index in [-0.39, 0.29) is 17.9 Å². The molecule has 2 N–H and O–H groups in total. The van der Waals surface area contributed by atoms with E-state index in [4.69, 9.17) is 5.11 Å². The maximum absolute atomic E-state index is 12.2. The molecule has 0 radical (unpaired) electrons. The Labute approximate surface area is 121 Å². The van der Waals surface area contributed by atoms with Gasteiger partial charge in [-0.2, -0.15) is 4.31 Å². The van der Waals surface area contributed by atoms with Gasteiger partial charge < -0.3 is 10.4 Å². The smallest absolute Gasteiger partial charge is 0.356 e. The topological polar surface area (TPSA) is 117 Å². The van der Waals surface area contributed by atoms with Crippen molar-refractivity contribution in [2.75, 3.05) is 18.1 Å². The number of amides is 1. The number of carboxylic acid groups (broad SMARTS) is 1. The maximum Gasteiger partial charge on any atom is 0.356 e. The van der Waals surface area contributed by atoms with E-state index >= 15 is 0 Å². The maximum atomic E-state index is 12.2. The Morgan fingerprint density at radius 3 is 2.81 bits per heavy atom. The number of anilines is 1. The summed E-state index contributed by atoms with van der Waals surface area (Å²) in [6.07, 6.45) is 3.34. The van der Waals surface area contributed by atoms with Gasteiger partial charge in [-0.1, -0.05) is 0 Å². The molecule has 1 fully saturated rings. The zero-order valence-corrected chi connectivity index (χ0v) is 12.1. The largest absolute Gasteiger partial charge is 0.476 e. The number of carbonyl (C=O) groups excluding carboxylic acids is 1. The first kappa shape index (κ1) is 15.4. The highest BCUT2D eigenvalue weighted by Gasteiger charge is 2.36. The summed E-state index contributed by atoms with van der Waals surface area (Å²) in [4.78, 5) is 26.9. The Morgan fingerprint density at radius 1 is 1.48 bits per heavy atom. The number of hydrogen-bond acceptors (Lipinski definition) is 5. The molecule has 1 aliphatic heterocycles. The fraction of sp³-hybridized carbons (Fsp3) is 0.417. The fourth-order valence-corrected chi connectivity index (χ4v) is 3.42. The first-order chi connectivity index (χ1) is 9.80. The average molecular weight is 313 g/mol. The summed E-state index contributed by atoms with van der Waals surface area (Å²) < 4.78 is 24.4. The zero-order chi connectivity index (χ0) is 15.6. The SMILES string of the molecule is CS(=O)(=O)N1CCCC1C(=O)Nc1cccnc1C(=O)O. The van der Waals surface area contributed by atoms with Gasteiger partial charge in [0.2, 0.25) is 15.9 Å². The minimum Gasteiger partial charge on any atom is -0.476 e. The Kier molecular flexibility index (Phi) is 4.24. The summed E-state index contributed by atoms with van der Waals surface area (Å²) in [5, 5.41) is 11.5. The van der Waals surface area contributed by atoms with Crippen molar-refractivity contribution in [3.63, 3.8) is 0 Å². The first-order valence-corrected chi connectivity index (χ1v) is 8.11. The van der Waals surface area contributed by atoms with Crippen LogP contribution in [0, 0.1) is 0 Å². The van der Waals surface area contributed by atoms with E-state index in [0.717, 1.165) is 10.6 Å². The summed E-state index contributed by atoms with van der Waals surface area (Å²) in [5.41, 5.74) is -0.231. The predicted octanol–water partition coefficient (Wildman–Crippen LogP) is 0.142. The lowest BCUT2D eigenvalue weighted by Crippen LogP contribution is -2.42. The van der Waals surface area contributed by atoms with Gasteiger partial charge in [-0.25, -0.2) is 18.2 Å². The molecular formula is C12H15N3O5S. The molecule has 1 unspecified atom stereocenters. The Balaban J connectivity index is 2.21. The van der Waals surface area contributed by atoms with Crippen molar-refractivity contribution in [1.29, 1.82) is 0 Å². The lowest BCUT2D eigenvalue weighted by atomic mass is 10.2. The summed E-state index contributed by atoms with van der Waals surface area (Å²) in [6.45, 7) is 0.287. The molecule has 9 heteroatoms. The number of sulfonamides is 1. The molecule has 0 spiro atoms. The van der Waals surface area contributed by atoms with Gasteiger partial charge in [-0.3, -0.25) is 4.79 Å². The fourth-order valence-electron chi connectivity index (χ4n) is 2.29. The van der Waals surface area contributed by atoms with Crippen molar-refractivity contribution < 1.29 is 23.1 Å². The molecule has 1 saturated heterocycles. The van der Waals surface area contributed by atoms with Gasteiger partial charge in [0.15, 0.2) is 5.69 Å². The Bertz CT molecular complexity index is 673. The van der Waals surface area contributed by atoms with E-state index in [0.29, 0.717) is 12.8 Å². The number of pyridine rings is 1. The van der Waals surface area contributed by atoms with Gasteiger partial charge in [-0.05, 0) is 25.0 Å². The van der Waals surface area contributed by atoms with Gasteiger partial charge in [-0.15, -0.1) is 0 Å². The van der Waals surface area contributed by atoms with Gasteiger partial charge in [0.05, 0.1) is 11.9 Å². The second kappa shape index (κ2) is 5.78. The van der Waals surface area contributed by atoms with Crippen molar-refractivity contribution in [3.05, 3.63) is 24.0 Å². The van der Waals surface area contributed by atoms with Crippen LogP contribution >= 0.6 is 0 Å². The summed E-state index contributed by atoms with van der Waals surface area (Å²) in [7, 11) is -3.47. The van der Waals surface area contributed by atoms with Crippen molar-refractivity contribution in [3.8, 4) is 0 Å². The number of nitrogens with one attached hydrogen (secondary N) is 1. The van der Waals surface area contributed by atoms with Crippen molar-refractivity contribution in [1.82, 2.24) is 9.29 Å². The summed E-state index contributed by atoms with van der Waals surface area (Å²) in [6, 6.07) is 2.08. The van der Waals surface area contributed by atoms with Crippen LogP contribution in [-0.4, -0.2) is 53.5 Å². The number of carboxylic acids is 1. The van der Waals surface area contributed by atoms with Crippen LogP contribution in [0.4, 0.5) is 5.69 Å². The molecule has 2 rings (SSSR count). The second-order valence-corrected chi connectivity index (χ2v) is 6.66. The molecule has 0 bridgehead atoms. The first-order valence-electron chi connectivity index (χ1n) is 6.26. The molecule has 2 heterocycles. The average Bonchev–Trinajstić information content (AvgIpc) is 2.88. The van der Waals surface area contributed by atoms with E-state index in [1.54, 1.807) is 0 Å². The van der Waals surface area contributed by atoms with Gasteiger partial charge in [0.25, 0.3) is 0 Å². The molecule has 1 aromatic heterocycles. The van der Waals surface area contributed by atoms with Crippen LogP contribution in [0.1, 0.15) is 23.3 Å². The molecule has 0 aromatic carbocycles. The molecule has 0 saturated carbocycles. The standard InChI is InChI=1S/C12H15N3O5S/c1-21(19,20)15-7-3-5-9(15)11(16)14-8-4-2-6-13-10(8)12(17)18/h2,4,6,9H,3,5,7H2,1H3,(H,14,16)(H,17,18). The second-order valence-electron chi connectivity index (χ2n) is 4.73. The highest BCUT2D eigenvalue weighted by Crippen LogP contribution is 2.22. The summed E-state index contributed by atoms with van der Waals surface area (Å²) in [5.74, 6) is -1.81. The molecule has 21 heavy (non-hydrogen) atoms. The van der Waals surface area contributed by atoms with Crippen LogP contribution in [0.2, 0.25) is 0 Å². The third-order valence-electron chi connectivity index (χ3n) is 3.20. The number of aromatic carboxylic acids is 1. The highest BCUT2D eigenvalue weighted by atomic mass is 32.2. The van der Waals surface area contributed by atoms with Crippen LogP contribution in [0.15, 0.2) is 18.3 Å². The number of carbonyl (C=O) groups is 2. The van der Waals surface area contributed by atoms with Gasteiger partial charge >= 0.3 is 5.97 Å². The van der Waals surface area contributed by atoms with E-state index in [2.05, 4.69) is 10.3 Å². The van der Waals surface area contributed by atoms with Gasteiger partial charge in [0.1, 0.15) is 6.04 Å². The summed E-state index contributed by atoms with van der Waals surface area (Å²) >= 11 is 0. The Morgan fingerprint density at radius 2 is 2.19 bits per heavy atom. The molecule has 8 nitrogen and oxygen atoms in total. The number of nitrogens with zero attached hydrogens (tertiary/aromatic N) is 2. The van der Waals surface area contributed by atoms with Crippen LogP contribution in [-0.2, 0) is 14.8 Å². The molecule has 1 aromatic rings. The Hall–Kier alpha value is -2.00. The molecule has 1 amide bonds. The van der Waals surface area contributed by atoms with Crippen molar-refractivity contribution in [2.45, 2.75) is 18.9 Å². The van der Waals surface area contributed by atoms with Crippen LogP contribution in [0.5, 0.6) is 0 Å². The lowest BCUT2D eigenvalue weighted by molar-refractivity contribution is -0.119. The molecular weight excluding hydrogens is 298 g/mol. The monoisotopic (exact) mass is 313 g/mol. The normalized spacial score (nSPS) is 19.4. The predicted molar refractivity (Wildman–Crippen MR) is 74.4 cm³/mol. The third kappa shape index (κ3) is 3.37. The van der Waals surface area contributed by atoms with Crippen LogP contribution < -0.4 is 5.32 Å². The molecule has 1 atom stereocenters. The minimum atomic E-state index is -3.47. The number of rotatable bonds is 4. The molecule has 0 aliphatic carbocycles. The molecule has 1 aliphatic rings. The number of hydrogen-bond donors (Lipinski definition) is 2. The van der Waals surface area contributed by atoms with Crippen LogP contribution in [0.3, 0.4) is 0 Å². The third-order valence-corrected chi connectivity index (χ3v) is 4.49. The van der Waals surface area contributed by atoms with E-state index < -0.39 is 27.9 Å². The van der Waals surface area contributed by atoms with Gasteiger partial charge in [0, 0.05) is 12.7 Å². The zero-order valence-electron chi connectivity index (χ0n) is 11.3. The van der Waals surface area contributed by atoms with Crippen molar-refractivity contribution >= 4 is 27.6 Å². The molecule has 114 valence electrons. The number of aromatic nitrogens is 1.